The van der Waals surface area contributed by atoms with Gasteiger partial charge in [-0.25, -0.2) is 14.2 Å². The van der Waals surface area contributed by atoms with E-state index in [1.54, 1.807) is 15.3 Å². The molecule has 4 rings (SSSR count). The van der Waals surface area contributed by atoms with Gasteiger partial charge in [0.2, 0.25) is 5.82 Å². The second kappa shape index (κ2) is 7.05. The molecular weight excluding hydrogens is 378 g/mol. The van der Waals surface area contributed by atoms with Crippen molar-refractivity contribution in [1.29, 1.82) is 0 Å². The largest absolute Gasteiger partial charge is 0.304 e. The molecule has 0 aliphatic carbocycles. The molecule has 0 unspecified atom stereocenters. The zero-order chi connectivity index (χ0) is 19.8. The number of hydrogen-bond acceptors (Lipinski definition) is 5. The third kappa shape index (κ3) is 3.59. The average Bonchev–Trinajstić information content (AvgIpc) is 3.20. The number of anilines is 1. The molecule has 0 radical (unpaired) electrons. The predicted octanol–water partition coefficient (Wildman–Crippen LogP) is 3.20. The first kappa shape index (κ1) is 18.1. The summed E-state index contributed by atoms with van der Waals surface area (Å²) in [6, 6.07) is 11.2. The van der Waals surface area contributed by atoms with Crippen molar-refractivity contribution >= 4 is 29.1 Å². The SMILES string of the molecule is Cc1cc(C)n2nc(C(=O)Nc3cc(C)nn3Cc3ccc(Cl)cc3)nc2n1. The normalized spacial score (nSPS) is 11.1. The lowest BCUT2D eigenvalue weighted by atomic mass is 10.2. The van der Waals surface area contributed by atoms with Crippen molar-refractivity contribution in [1.82, 2.24) is 29.4 Å². The highest BCUT2D eigenvalue weighted by Gasteiger charge is 2.17. The van der Waals surface area contributed by atoms with Gasteiger partial charge in [-0.2, -0.15) is 10.1 Å². The minimum Gasteiger partial charge on any atom is -0.304 e. The van der Waals surface area contributed by atoms with E-state index in [1.807, 2.05) is 51.1 Å². The molecule has 1 N–H and O–H groups in total. The van der Waals surface area contributed by atoms with Crippen molar-refractivity contribution in [2.24, 2.45) is 0 Å². The van der Waals surface area contributed by atoms with E-state index in [1.165, 1.54) is 0 Å². The molecule has 1 amide bonds. The zero-order valence-electron chi connectivity index (χ0n) is 15.6. The summed E-state index contributed by atoms with van der Waals surface area (Å²) < 4.78 is 3.28. The van der Waals surface area contributed by atoms with E-state index in [9.17, 15) is 4.79 Å². The Morgan fingerprint density at radius 2 is 1.79 bits per heavy atom. The minimum atomic E-state index is -0.417. The van der Waals surface area contributed by atoms with E-state index < -0.39 is 5.91 Å². The molecule has 3 aromatic heterocycles. The van der Waals surface area contributed by atoms with Crippen LogP contribution >= 0.6 is 11.6 Å². The molecule has 0 aliphatic rings. The Labute approximate surface area is 166 Å². The van der Waals surface area contributed by atoms with Crippen LogP contribution in [0.5, 0.6) is 0 Å². The number of hydrogen-bond donors (Lipinski definition) is 1. The number of fused-ring (bicyclic) bond motifs is 1. The summed E-state index contributed by atoms with van der Waals surface area (Å²) >= 11 is 5.94. The summed E-state index contributed by atoms with van der Waals surface area (Å²) in [5.74, 6) is 0.601. The van der Waals surface area contributed by atoms with Gasteiger partial charge in [0.1, 0.15) is 5.82 Å². The lowest BCUT2D eigenvalue weighted by Crippen LogP contribution is -2.17. The molecule has 142 valence electrons. The zero-order valence-corrected chi connectivity index (χ0v) is 16.4. The maximum absolute atomic E-state index is 12.7. The Balaban J connectivity index is 1.60. The third-order valence-electron chi connectivity index (χ3n) is 4.21. The summed E-state index contributed by atoms with van der Waals surface area (Å²) in [7, 11) is 0. The van der Waals surface area contributed by atoms with Crippen molar-refractivity contribution in [3.05, 3.63) is 69.9 Å². The van der Waals surface area contributed by atoms with Gasteiger partial charge in [-0.1, -0.05) is 23.7 Å². The van der Waals surface area contributed by atoms with Gasteiger partial charge >= 0.3 is 0 Å². The van der Waals surface area contributed by atoms with Crippen LogP contribution in [0.1, 0.15) is 33.3 Å². The smallest absolute Gasteiger partial charge is 0.296 e. The number of nitrogens with one attached hydrogen (secondary N) is 1. The van der Waals surface area contributed by atoms with E-state index in [4.69, 9.17) is 11.6 Å². The first-order valence-electron chi connectivity index (χ1n) is 8.70. The van der Waals surface area contributed by atoms with Gasteiger partial charge in [-0.05, 0) is 44.5 Å². The third-order valence-corrected chi connectivity index (χ3v) is 4.46. The number of aryl methyl sites for hydroxylation is 3. The summed E-state index contributed by atoms with van der Waals surface area (Å²) in [5, 5.41) is 12.2. The number of benzene rings is 1. The van der Waals surface area contributed by atoms with Gasteiger partial charge in [-0.15, -0.1) is 5.10 Å². The number of aromatic nitrogens is 6. The van der Waals surface area contributed by atoms with Crippen LogP contribution in [0.3, 0.4) is 0 Å². The van der Waals surface area contributed by atoms with Crippen molar-refractivity contribution in [2.45, 2.75) is 27.3 Å². The highest BCUT2D eigenvalue weighted by Crippen LogP contribution is 2.16. The number of halogens is 1. The van der Waals surface area contributed by atoms with Crippen molar-refractivity contribution in [3.8, 4) is 0 Å². The van der Waals surface area contributed by atoms with Gasteiger partial charge in [0.15, 0.2) is 0 Å². The quantitative estimate of drug-likeness (QED) is 0.573. The predicted molar refractivity (Wildman–Crippen MR) is 106 cm³/mol. The molecule has 4 aromatic rings. The number of rotatable bonds is 4. The second-order valence-electron chi connectivity index (χ2n) is 6.60. The Morgan fingerprint density at radius 1 is 1.04 bits per heavy atom. The molecule has 0 aliphatic heterocycles. The first-order chi connectivity index (χ1) is 13.4. The maximum Gasteiger partial charge on any atom is 0.296 e. The number of carbonyl (C=O) groups excluding carboxylic acids is 1. The van der Waals surface area contributed by atoms with Crippen molar-refractivity contribution in [2.75, 3.05) is 5.32 Å². The molecule has 0 spiro atoms. The molecule has 9 heteroatoms. The van der Waals surface area contributed by atoms with Crippen LogP contribution in [0.4, 0.5) is 5.82 Å². The fourth-order valence-electron chi connectivity index (χ4n) is 2.96. The summed E-state index contributed by atoms with van der Waals surface area (Å²) in [6.07, 6.45) is 0. The van der Waals surface area contributed by atoms with Crippen LogP contribution in [-0.2, 0) is 6.54 Å². The van der Waals surface area contributed by atoms with Gasteiger partial charge in [0.05, 0.1) is 12.2 Å². The van der Waals surface area contributed by atoms with Gasteiger partial charge in [0, 0.05) is 22.5 Å². The van der Waals surface area contributed by atoms with Gasteiger partial charge in [0.25, 0.3) is 11.7 Å². The fraction of sp³-hybridized carbons (Fsp3) is 0.211. The highest BCUT2D eigenvalue weighted by atomic mass is 35.5. The number of carbonyl (C=O) groups is 1. The molecule has 0 fully saturated rings. The lowest BCUT2D eigenvalue weighted by molar-refractivity contribution is 0.101. The molecular formula is C19H18ClN7O. The van der Waals surface area contributed by atoms with Crippen LogP contribution in [0.15, 0.2) is 36.4 Å². The highest BCUT2D eigenvalue weighted by molar-refractivity contribution is 6.30. The summed E-state index contributed by atoms with van der Waals surface area (Å²) in [6.45, 7) is 6.13. The van der Waals surface area contributed by atoms with E-state index in [0.29, 0.717) is 23.2 Å². The Hall–Kier alpha value is -3.26. The van der Waals surface area contributed by atoms with E-state index in [0.717, 1.165) is 22.6 Å². The fourth-order valence-corrected chi connectivity index (χ4v) is 3.09. The topological polar surface area (TPSA) is 90.0 Å². The second-order valence-corrected chi connectivity index (χ2v) is 7.03. The molecule has 0 saturated carbocycles. The molecule has 0 bridgehead atoms. The van der Waals surface area contributed by atoms with Crippen molar-refractivity contribution in [3.63, 3.8) is 0 Å². The average molecular weight is 396 g/mol. The number of amides is 1. The molecule has 28 heavy (non-hydrogen) atoms. The molecule has 8 nitrogen and oxygen atoms in total. The molecule has 0 saturated heterocycles. The molecule has 1 aromatic carbocycles. The van der Waals surface area contributed by atoms with Gasteiger partial charge < -0.3 is 5.32 Å². The Bertz CT molecular complexity index is 1180. The van der Waals surface area contributed by atoms with Crippen LogP contribution in [-0.4, -0.2) is 35.3 Å². The van der Waals surface area contributed by atoms with E-state index >= 15 is 0 Å². The van der Waals surface area contributed by atoms with Crippen LogP contribution in [0, 0.1) is 20.8 Å². The molecule has 0 atom stereocenters. The molecule has 3 heterocycles. The van der Waals surface area contributed by atoms with Crippen LogP contribution in [0.25, 0.3) is 5.78 Å². The Kier molecular flexibility index (Phi) is 4.56. The van der Waals surface area contributed by atoms with Crippen LogP contribution in [0.2, 0.25) is 5.02 Å². The summed E-state index contributed by atoms with van der Waals surface area (Å²) in [5.41, 5.74) is 3.49. The minimum absolute atomic E-state index is 0.0538. The number of nitrogens with zero attached hydrogens (tertiary/aromatic N) is 6. The lowest BCUT2D eigenvalue weighted by Gasteiger charge is -2.08. The van der Waals surface area contributed by atoms with E-state index in [-0.39, 0.29) is 5.82 Å². The first-order valence-corrected chi connectivity index (χ1v) is 9.08. The van der Waals surface area contributed by atoms with E-state index in [2.05, 4.69) is 25.5 Å². The van der Waals surface area contributed by atoms with Crippen LogP contribution < -0.4 is 5.32 Å². The van der Waals surface area contributed by atoms with Gasteiger partial charge in [-0.3, -0.25) is 4.79 Å². The van der Waals surface area contributed by atoms with Crippen molar-refractivity contribution < 1.29 is 4.79 Å². The Morgan fingerprint density at radius 3 is 2.54 bits per heavy atom. The maximum atomic E-state index is 12.7. The summed E-state index contributed by atoms with van der Waals surface area (Å²) in [4.78, 5) is 21.3. The monoisotopic (exact) mass is 395 g/mol. The standard InChI is InChI=1S/C19H18ClN7O/c1-11-8-13(3)27-19(21-11)23-17(25-27)18(28)22-16-9-12(2)24-26(16)10-14-4-6-15(20)7-5-14/h4-9H,10H2,1-3H3,(H,22,28).